The molecule has 0 unspecified atom stereocenters. The molecule has 1 aromatic rings. The molecule has 0 bridgehead atoms. The number of hydrogen-bond acceptors (Lipinski definition) is 5. The Morgan fingerprint density at radius 2 is 2.10 bits per heavy atom. The molecule has 1 saturated carbocycles. The SMILES string of the molecule is Cc1cn([C@@H]2C[C@H](OCP(=O)(O)O)C[C@H]2O)c(=O)[nH]c1=O. The van der Waals surface area contributed by atoms with Gasteiger partial charge in [0.1, 0.15) is 6.35 Å². The zero-order valence-corrected chi connectivity index (χ0v) is 12.2. The van der Waals surface area contributed by atoms with Crippen molar-refractivity contribution in [2.75, 3.05) is 6.35 Å². The Labute approximate surface area is 119 Å². The van der Waals surface area contributed by atoms with Gasteiger partial charge in [0, 0.05) is 18.2 Å². The molecule has 1 heterocycles. The van der Waals surface area contributed by atoms with E-state index in [9.17, 15) is 19.3 Å². The van der Waals surface area contributed by atoms with Crippen molar-refractivity contribution in [2.45, 2.75) is 38.0 Å². The minimum atomic E-state index is -4.27. The molecule has 0 saturated heterocycles. The zero-order valence-electron chi connectivity index (χ0n) is 11.3. The summed E-state index contributed by atoms with van der Waals surface area (Å²) in [6, 6.07) is -0.602. The van der Waals surface area contributed by atoms with Crippen LogP contribution in [0.5, 0.6) is 0 Å². The van der Waals surface area contributed by atoms with E-state index in [2.05, 4.69) is 4.98 Å². The monoisotopic (exact) mass is 320 g/mol. The summed E-state index contributed by atoms with van der Waals surface area (Å²) in [4.78, 5) is 42.8. The summed E-state index contributed by atoms with van der Waals surface area (Å²) < 4.78 is 17.1. The number of nitrogens with zero attached hydrogens (tertiary/aromatic N) is 1. The van der Waals surface area contributed by atoms with Crippen LogP contribution in [-0.2, 0) is 9.30 Å². The summed E-state index contributed by atoms with van der Waals surface area (Å²) in [5, 5.41) is 10.0. The maximum absolute atomic E-state index is 11.8. The first-order valence-electron chi connectivity index (χ1n) is 6.33. The van der Waals surface area contributed by atoms with Gasteiger partial charge in [-0.05, 0) is 13.3 Å². The van der Waals surface area contributed by atoms with E-state index in [-0.39, 0.29) is 12.8 Å². The van der Waals surface area contributed by atoms with Gasteiger partial charge in [-0.3, -0.25) is 18.9 Å². The summed E-state index contributed by atoms with van der Waals surface area (Å²) in [6.07, 6.45) is -0.426. The minimum Gasteiger partial charge on any atom is -0.391 e. The lowest BCUT2D eigenvalue weighted by Gasteiger charge is -2.17. The number of H-pyrrole nitrogens is 1. The Morgan fingerprint density at radius 3 is 2.71 bits per heavy atom. The molecule has 1 aromatic heterocycles. The van der Waals surface area contributed by atoms with Gasteiger partial charge in [-0.25, -0.2) is 4.79 Å². The third-order valence-corrected chi connectivity index (χ3v) is 3.92. The fraction of sp³-hybridized carbons (Fsp3) is 0.636. The van der Waals surface area contributed by atoms with Crippen molar-refractivity contribution in [2.24, 2.45) is 0 Å². The highest BCUT2D eigenvalue weighted by molar-refractivity contribution is 7.51. The van der Waals surface area contributed by atoms with Crippen LogP contribution in [0, 0.1) is 6.92 Å². The van der Waals surface area contributed by atoms with Gasteiger partial charge in [-0.2, -0.15) is 0 Å². The molecule has 0 aliphatic heterocycles. The Balaban J connectivity index is 2.15. The molecule has 1 fully saturated rings. The molecule has 2 rings (SSSR count). The van der Waals surface area contributed by atoms with Crippen LogP contribution in [0.4, 0.5) is 0 Å². The van der Waals surface area contributed by atoms with Gasteiger partial charge in [-0.1, -0.05) is 0 Å². The van der Waals surface area contributed by atoms with E-state index in [0.29, 0.717) is 5.56 Å². The largest absolute Gasteiger partial charge is 0.391 e. The number of rotatable bonds is 4. The van der Waals surface area contributed by atoms with E-state index in [4.69, 9.17) is 14.5 Å². The number of aliphatic hydroxyl groups excluding tert-OH is 1. The lowest BCUT2D eigenvalue weighted by molar-refractivity contribution is 0.0666. The number of aliphatic hydroxyl groups is 1. The van der Waals surface area contributed by atoms with Gasteiger partial charge in [-0.15, -0.1) is 0 Å². The lowest BCUT2D eigenvalue weighted by atomic mass is 10.2. The predicted molar refractivity (Wildman–Crippen MR) is 72.1 cm³/mol. The molecule has 4 N–H and O–H groups in total. The predicted octanol–water partition coefficient (Wildman–Crippen LogP) is -0.939. The van der Waals surface area contributed by atoms with Crippen molar-refractivity contribution in [1.82, 2.24) is 9.55 Å². The van der Waals surface area contributed by atoms with E-state index >= 15 is 0 Å². The fourth-order valence-electron chi connectivity index (χ4n) is 2.42. The second-order valence-corrected chi connectivity index (χ2v) is 6.75. The molecule has 118 valence electrons. The quantitative estimate of drug-likeness (QED) is 0.524. The van der Waals surface area contributed by atoms with Crippen molar-refractivity contribution < 1.29 is 24.2 Å². The topological polar surface area (TPSA) is 142 Å². The van der Waals surface area contributed by atoms with Crippen molar-refractivity contribution in [3.63, 3.8) is 0 Å². The average molecular weight is 320 g/mol. The Hall–Kier alpha value is -1.25. The zero-order chi connectivity index (χ0) is 15.8. The maximum atomic E-state index is 11.8. The molecule has 21 heavy (non-hydrogen) atoms. The number of ether oxygens (including phenoxy) is 1. The van der Waals surface area contributed by atoms with Crippen molar-refractivity contribution in [3.05, 3.63) is 32.6 Å². The minimum absolute atomic E-state index is 0.162. The second-order valence-electron chi connectivity index (χ2n) is 5.17. The molecule has 1 aliphatic carbocycles. The van der Waals surface area contributed by atoms with E-state index < -0.39 is 43.4 Å². The van der Waals surface area contributed by atoms with Gasteiger partial charge in [0.05, 0.1) is 18.2 Å². The number of hydrogen-bond donors (Lipinski definition) is 4. The first kappa shape index (κ1) is 16.1. The van der Waals surface area contributed by atoms with E-state index in [0.717, 1.165) is 0 Å². The first-order valence-corrected chi connectivity index (χ1v) is 8.13. The van der Waals surface area contributed by atoms with Gasteiger partial charge in [0.25, 0.3) is 5.56 Å². The number of aryl methyl sites for hydroxylation is 1. The smallest absolute Gasteiger partial charge is 0.350 e. The summed E-state index contributed by atoms with van der Waals surface area (Å²) in [6.45, 7) is 1.54. The molecule has 10 heteroatoms. The van der Waals surface area contributed by atoms with E-state index in [1.165, 1.54) is 17.7 Å². The van der Waals surface area contributed by atoms with Crippen molar-refractivity contribution in [3.8, 4) is 0 Å². The number of nitrogens with one attached hydrogen (secondary N) is 1. The maximum Gasteiger partial charge on any atom is 0.350 e. The molecular formula is C11H17N2O7P. The van der Waals surface area contributed by atoms with Gasteiger partial charge in [0.15, 0.2) is 0 Å². The normalized spacial score (nSPS) is 26.2. The van der Waals surface area contributed by atoms with Crippen molar-refractivity contribution in [1.29, 1.82) is 0 Å². The third-order valence-electron chi connectivity index (χ3n) is 3.43. The van der Waals surface area contributed by atoms with Crippen LogP contribution in [0.1, 0.15) is 24.4 Å². The highest BCUT2D eigenvalue weighted by Crippen LogP contribution is 2.38. The first-order chi connectivity index (χ1) is 9.67. The van der Waals surface area contributed by atoms with E-state index in [1.807, 2.05) is 0 Å². The molecule has 0 radical (unpaired) electrons. The molecule has 3 atom stereocenters. The van der Waals surface area contributed by atoms with Crippen LogP contribution in [0.3, 0.4) is 0 Å². The highest BCUT2D eigenvalue weighted by atomic mass is 31.2. The van der Waals surface area contributed by atoms with Crippen LogP contribution in [0.25, 0.3) is 0 Å². The van der Waals surface area contributed by atoms with Gasteiger partial charge in [0.2, 0.25) is 0 Å². The summed E-state index contributed by atoms with van der Waals surface area (Å²) in [7, 11) is -4.27. The number of aromatic amines is 1. The van der Waals surface area contributed by atoms with Crippen LogP contribution >= 0.6 is 7.60 Å². The summed E-state index contributed by atoms with van der Waals surface area (Å²) in [5.41, 5.74) is -0.787. The Kier molecular flexibility index (Phi) is 4.50. The fourth-order valence-corrected chi connectivity index (χ4v) is 2.82. The molecule has 0 spiro atoms. The molecule has 1 aliphatic rings. The summed E-state index contributed by atoms with van der Waals surface area (Å²) >= 11 is 0. The summed E-state index contributed by atoms with van der Waals surface area (Å²) in [5.74, 6) is 0. The highest BCUT2D eigenvalue weighted by Gasteiger charge is 2.36. The van der Waals surface area contributed by atoms with Crippen LogP contribution < -0.4 is 11.2 Å². The van der Waals surface area contributed by atoms with Gasteiger partial charge < -0.3 is 19.6 Å². The standard InChI is InChI=1S/C11H17N2O7P/c1-6-4-13(11(16)12-10(6)15)8-2-7(3-9(8)14)20-5-21(17,18)19/h4,7-9,14H,2-3,5H2,1H3,(H,12,15,16)(H2,17,18,19)/t7-,8+,9+/m0/s1. The Bertz CT molecular complexity index is 676. The van der Waals surface area contributed by atoms with Crippen LogP contribution in [-0.4, -0.2) is 43.0 Å². The number of aromatic nitrogens is 2. The van der Waals surface area contributed by atoms with Crippen molar-refractivity contribution >= 4 is 7.60 Å². The average Bonchev–Trinajstić information content (AvgIpc) is 2.72. The lowest BCUT2D eigenvalue weighted by Crippen LogP contribution is -2.35. The second kappa shape index (κ2) is 5.86. The van der Waals surface area contributed by atoms with Crippen LogP contribution in [0.15, 0.2) is 15.8 Å². The van der Waals surface area contributed by atoms with E-state index in [1.54, 1.807) is 0 Å². The molecule has 9 nitrogen and oxygen atoms in total. The van der Waals surface area contributed by atoms with Crippen LogP contribution in [0.2, 0.25) is 0 Å². The molecule has 0 aromatic carbocycles. The molecular weight excluding hydrogens is 303 g/mol. The molecule has 0 amide bonds. The third kappa shape index (κ3) is 3.90. The van der Waals surface area contributed by atoms with Gasteiger partial charge >= 0.3 is 13.3 Å². The Morgan fingerprint density at radius 1 is 1.43 bits per heavy atom.